The fourth-order valence-corrected chi connectivity index (χ4v) is 2.77. The number of piperidine rings is 1. The molecule has 0 aromatic carbocycles. The van der Waals surface area contributed by atoms with Gasteiger partial charge in [-0.2, -0.15) is 0 Å². The molecule has 1 aromatic rings. The van der Waals surface area contributed by atoms with E-state index >= 15 is 0 Å². The summed E-state index contributed by atoms with van der Waals surface area (Å²) in [6, 6.07) is 4.81. The van der Waals surface area contributed by atoms with E-state index in [1.807, 2.05) is 0 Å². The second-order valence-electron chi connectivity index (χ2n) is 5.96. The lowest BCUT2D eigenvalue weighted by Crippen LogP contribution is -2.40. The minimum Gasteiger partial charge on any atom is -0.465 e. The third-order valence-electron chi connectivity index (χ3n) is 4.05. The van der Waals surface area contributed by atoms with Crippen LogP contribution in [0.25, 0.3) is 0 Å². The first kappa shape index (κ1) is 14.6. The molecule has 1 aliphatic heterocycles. The van der Waals surface area contributed by atoms with Crippen molar-refractivity contribution in [2.75, 3.05) is 19.6 Å². The summed E-state index contributed by atoms with van der Waals surface area (Å²) >= 11 is 0. The second-order valence-corrected chi connectivity index (χ2v) is 5.96. The minimum absolute atomic E-state index is 0.567. The molecule has 0 spiro atoms. The summed E-state index contributed by atoms with van der Waals surface area (Å²) in [6.45, 7) is 11.2. The summed E-state index contributed by atoms with van der Waals surface area (Å²) in [5.74, 6) is 2.99. The van der Waals surface area contributed by atoms with Crippen molar-refractivity contribution in [3.63, 3.8) is 0 Å². The van der Waals surface area contributed by atoms with Crippen LogP contribution in [0.2, 0.25) is 0 Å². The van der Waals surface area contributed by atoms with Gasteiger partial charge in [0.15, 0.2) is 0 Å². The molecule has 1 aliphatic rings. The number of hydrogen-bond donors (Lipinski definition) is 1. The Morgan fingerprint density at radius 3 is 2.74 bits per heavy atom. The Labute approximate surface area is 117 Å². The van der Waals surface area contributed by atoms with Crippen molar-refractivity contribution in [3.8, 4) is 0 Å². The van der Waals surface area contributed by atoms with E-state index in [0.717, 1.165) is 30.4 Å². The Balaban J connectivity index is 1.91. The molecule has 1 aromatic heterocycles. The summed E-state index contributed by atoms with van der Waals surface area (Å²) in [5, 5.41) is 3.51. The molecule has 0 saturated carbocycles. The van der Waals surface area contributed by atoms with E-state index in [1.54, 1.807) is 0 Å². The van der Waals surface area contributed by atoms with Crippen molar-refractivity contribution < 1.29 is 4.42 Å². The molecule has 1 unspecified atom stereocenters. The molecule has 3 nitrogen and oxygen atoms in total. The average molecular weight is 264 g/mol. The Bertz CT molecular complexity index is 367. The van der Waals surface area contributed by atoms with Gasteiger partial charge in [-0.25, -0.2) is 0 Å². The zero-order valence-corrected chi connectivity index (χ0v) is 12.6. The third kappa shape index (κ3) is 4.36. The van der Waals surface area contributed by atoms with Crippen molar-refractivity contribution in [2.45, 2.75) is 52.6 Å². The topological polar surface area (TPSA) is 28.4 Å². The smallest absolute Gasteiger partial charge is 0.118 e. The van der Waals surface area contributed by atoms with Gasteiger partial charge in [0, 0.05) is 19.0 Å². The van der Waals surface area contributed by atoms with E-state index in [1.165, 1.54) is 32.5 Å². The van der Waals surface area contributed by atoms with Gasteiger partial charge in [0.25, 0.3) is 0 Å². The molecule has 1 saturated heterocycles. The molecule has 19 heavy (non-hydrogen) atoms. The molecule has 0 aliphatic carbocycles. The zero-order valence-electron chi connectivity index (χ0n) is 12.6. The van der Waals surface area contributed by atoms with E-state index in [9.17, 15) is 0 Å². The standard InChI is InChI=1S/C16H28N2O/c1-4-15-7-8-16(19-15)12-18(13(2)3)11-14-6-5-9-17-10-14/h7-8,13-14,17H,4-6,9-12H2,1-3H3. The molecule has 1 fully saturated rings. The molecular weight excluding hydrogens is 236 g/mol. The van der Waals surface area contributed by atoms with E-state index in [4.69, 9.17) is 4.42 Å². The molecule has 0 amide bonds. The van der Waals surface area contributed by atoms with E-state index in [-0.39, 0.29) is 0 Å². The molecule has 2 heterocycles. The van der Waals surface area contributed by atoms with Crippen LogP contribution in [0.15, 0.2) is 16.5 Å². The number of aryl methyl sites for hydroxylation is 1. The van der Waals surface area contributed by atoms with Gasteiger partial charge in [-0.3, -0.25) is 4.90 Å². The Hall–Kier alpha value is -0.800. The fraction of sp³-hybridized carbons (Fsp3) is 0.750. The predicted octanol–water partition coefficient (Wildman–Crippen LogP) is 3.05. The highest BCUT2D eigenvalue weighted by Crippen LogP contribution is 2.17. The summed E-state index contributed by atoms with van der Waals surface area (Å²) in [6.07, 6.45) is 3.65. The largest absolute Gasteiger partial charge is 0.465 e. The third-order valence-corrected chi connectivity index (χ3v) is 4.05. The highest BCUT2D eigenvalue weighted by Gasteiger charge is 2.19. The lowest BCUT2D eigenvalue weighted by atomic mass is 9.98. The maximum absolute atomic E-state index is 5.85. The van der Waals surface area contributed by atoms with Crippen LogP contribution in [-0.2, 0) is 13.0 Å². The maximum atomic E-state index is 5.85. The lowest BCUT2D eigenvalue weighted by Gasteiger charge is -2.32. The Morgan fingerprint density at radius 1 is 1.37 bits per heavy atom. The first-order valence-electron chi connectivity index (χ1n) is 7.71. The minimum atomic E-state index is 0.567. The van der Waals surface area contributed by atoms with Gasteiger partial charge >= 0.3 is 0 Å². The molecule has 3 heteroatoms. The molecule has 1 atom stereocenters. The van der Waals surface area contributed by atoms with Crippen molar-refractivity contribution >= 4 is 0 Å². The SMILES string of the molecule is CCc1ccc(CN(CC2CCCNC2)C(C)C)o1. The number of furan rings is 1. The highest BCUT2D eigenvalue weighted by molar-refractivity contribution is 5.07. The summed E-state index contributed by atoms with van der Waals surface area (Å²) in [4.78, 5) is 2.54. The normalized spacial score (nSPS) is 20.4. The Kier molecular flexibility index (Phi) is 5.46. The predicted molar refractivity (Wildman–Crippen MR) is 79.2 cm³/mol. The van der Waals surface area contributed by atoms with Crippen LogP contribution in [0.1, 0.15) is 45.1 Å². The van der Waals surface area contributed by atoms with Crippen molar-refractivity contribution in [1.29, 1.82) is 0 Å². The number of nitrogens with one attached hydrogen (secondary N) is 1. The number of rotatable bonds is 6. The number of hydrogen-bond acceptors (Lipinski definition) is 3. The molecule has 108 valence electrons. The summed E-state index contributed by atoms with van der Waals surface area (Å²) < 4.78 is 5.85. The van der Waals surface area contributed by atoms with Crippen molar-refractivity contribution in [3.05, 3.63) is 23.7 Å². The zero-order chi connectivity index (χ0) is 13.7. The molecule has 0 radical (unpaired) electrons. The van der Waals surface area contributed by atoms with Crippen molar-refractivity contribution in [2.24, 2.45) is 5.92 Å². The average Bonchev–Trinajstić information content (AvgIpc) is 2.87. The van der Waals surface area contributed by atoms with Crippen LogP contribution in [0.4, 0.5) is 0 Å². The van der Waals surface area contributed by atoms with Crippen LogP contribution < -0.4 is 5.32 Å². The van der Waals surface area contributed by atoms with Crippen LogP contribution in [0, 0.1) is 5.92 Å². The van der Waals surface area contributed by atoms with Gasteiger partial charge in [0.05, 0.1) is 6.54 Å². The van der Waals surface area contributed by atoms with E-state index in [2.05, 4.69) is 43.1 Å². The van der Waals surface area contributed by atoms with Crippen LogP contribution in [0.5, 0.6) is 0 Å². The van der Waals surface area contributed by atoms with Crippen LogP contribution >= 0.6 is 0 Å². The molecule has 1 N–H and O–H groups in total. The first-order chi connectivity index (χ1) is 9.19. The van der Waals surface area contributed by atoms with Crippen LogP contribution in [0.3, 0.4) is 0 Å². The summed E-state index contributed by atoms with van der Waals surface area (Å²) in [5.41, 5.74) is 0. The monoisotopic (exact) mass is 264 g/mol. The van der Waals surface area contributed by atoms with E-state index < -0.39 is 0 Å². The summed E-state index contributed by atoms with van der Waals surface area (Å²) in [7, 11) is 0. The molecular formula is C16H28N2O. The van der Waals surface area contributed by atoms with Gasteiger partial charge in [-0.15, -0.1) is 0 Å². The van der Waals surface area contributed by atoms with Gasteiger partial charge in [0.1, 0.15) is 11.5 Å². The number of nitrogens with zero attached hydrogens (tertiary/aromatic N) is 1. The fourth-order valence-electron chi connectivity index (χ4n) is 2.77. The van der Waals surface area contributed by atoms with Gasteiger partial charge in [0.2, 0.25) is 0 Å². The molecule has 0 bridgehead atoms. The van der Waals surface area contributed by atoms with Gasteiger partial charge in [-0.1, -0.05) is 6.92 Å². The maximum Gasteiger partial charge on any atom is 0.118 e. The quantitative estimate of drug-likeness (QED) is 0.856. The highest BCUT2D eigenvalue weighted by atomic mass is 16.3. The van der Waals surface area contributed by atoms with Gasteiger partial charge in [-0.05, 0) is 57.8 Å². The Morgan fingerprint density at radius 2 is 2.16 bits per heavy atom. The molecule has 2 rings (SSSR count). The first-order valence-corrected chi connectivity index (χ1v) is 7.71. The van der Waals surface area contributed by atoms with Crippen LogP contribution in [-0.4, -0.2) is 30.6 Å². The van der Waals surface area contributed by atoms with Crippen molar-refractivity contribution in [1.82, 2.24) is 10.2 Å². The second kappa shape index (κ2) is 7.11. The lowest BCUT2D eigenvalue weighted by molar-refractivity contribution is 0.152. The van der Waals surface area contributed by atoms with E-state index in [0.29, 0.717) is 6.04 Å². The van der Waals surface area contributed by atoms with Gasteiger partial charge < -0.3 is 9.73 Å².